The highest BCUT2D eigenvalue weighted by molar-refractivity contribution is 7.83. The smallest absolute Gasteiger partial charge is 0.258 e. The first-order valence-electron chi connectivity index (χ1n) is 23.8. The van der Waals surface area contributed by atoms with Crippen molar-refractivity contribution in [2.75, 3.05) is 22.9 Å². The van der Waals surface area contributed by atoms with Crippen LogP contribution in [-0.2, 0) is 37.6 Å². The van der Waals surface area contributed by atoms with Crippen LogP contribution in [0.1, 0.15) is 146 Å². The van der Waals surface area contributed by atoms with E-state index in [2.05, 4.69) is 9.44 Å². The van der Waals surface area contributed by atoms with Gasteiger partial charge in [-0.1, -0.05) is 41.3 Å². The van der Waals surface area contributed by atoms with E-state index in [1.807, 2.05) is 72.7 Å². The molecular weight excluding hydrogens is 880 g/mol. The molecule has 4 saturated carbocycles. The Hall–Kier alpha value is -3.97. The number of carbonyl (C=O) groups is 2. The van der Waals surface area contributed by atoms with Crippen molar-refractivity contribution >= 4 is 72.3 Å². The van der Waals surface area contributed by atoms with Gasteiger partial charge < -0.3 is 9.80 Å². The second-order valence-electron chi connectivity index (χ2n) is 22.5. The molecule has 0 aromatic heterocycles. The standard InChI is InChI=1S/C26H30BFN2O2S.C16H17BFNO.C11H17NOS/c1-24(2,3)29-33(32)18-6-4-5-17(15-18)23(31)30-16-26(13-11-25(9-10-25)12-14-26)21-20(30)8-7-19(27)22(21)28;17-12-7-11-14(8-13(12)18)19(10-20)9-16(11)5-3-15(1-2-15)4-6-16;1-9-6-5-7-10(8-9)14(13)12-11(2,3)4/h4-8,15,29H,9-14,16H2,1-3H3;7-8,10H,1-6,9H2;5-8,12H,1-4H3. The molecule has 2 heterocycles. The van der Waals surface area contributed by atoms with E-state index in [0.717, 1.165) is 66.6 Å². The van der Waals surface area contributed by atoms with Crippen molar-refractivity contribution in [2.45, 2.75) is 157 Å². The number of nitrogens with one attached hydrogen (secondary N) is 2. The maximum Gasteiger partial charge on any atom is 0.258 e. The molecule has 4 radical (unpaired) electrons. The van der Waals surface area contributed by atoms with Gasteiger partial charge in [0.2, 0.25) is 6.41 Å². The molecule has 10 rings (SSSR count). The van der Waals surface area contributed by atoms with Gasteiger partial charge >= 0.3 is 0 Å². The summed E-state index contributed by atoms with van der Waals surface area (Å²) in [5.41, 5.74) is 5.18. The summed E-state index contributed by atoms with van der Waals surface area (Å²) in [6, 6.07) is 21.2. The van der Waals surface area contributed by atoms with Gasteiger partial charge in [0.15, 0.2) is 0 Å². The highest BCUT2D eigenvalue weighted by Gasteiger charge is 2.55. The highest BCUT2D eigenvalue weighted by atomic mass is 32.2. The number of rotatable bonds is 6. The molecule has 2 atom stereocenters. The Balaban J connectivity index is 0.000000151. The molecule has 4 aromatic rings. The number of benzene rings is 4. The minimum absolute atomic E-state index is 0.00586. The molecule has 352 valence electrons. The number of halogens is 2. The first-order chi connectivity index (χ1) is 31.5. The van der Waals surface area contributed by atoms with E-state index in [0.29, 0.717) is 45.6 Å². The number of fused-ring (bicyclic) bond motifs is 4. The van der Waals surface area contributed by atoms with E-state index in [-0.39, 0.29) is 44.6 Å². The fourth-order valence-corrected chi connectivity index (χ4v) is 13.1. The molecule has 0 bridgehead atoms. The summed E-state index contributed by atoms with van der Waals surface area (Å²) in [5.74, 6) is -1.00. The molecule has 2 unspecified atom stereocenters. The maximum absolute atomic E-state index is 15.4. The van der Waals surface area contributed by atoms with Gasteiger partial charge in [0.25, 0.3) is 5.91 Å². The van der Waals surface area contributed by atoms with Crippen LogP contribution in [0.15, 0.2) is 82.6 Å². The molecule has 8 nitrogen and oxygen atoms in total. The monoisotopic (exact) mass is 944 g/mol. The molecular formula is C53H64B2F2N4O4S2. The quantitative estimate of drug-likeness (QED) is 0.149. The summed E-state index contributed by atoms with van der Waals surface area (Å²) >= 11 is 0. The lowest BCUT2D eigenvalue weighted by atomic mass is 9.65. The summed E-state index contributed by atoms with van der Waals surface area (Å²) in [5, 5.41) is 0. The summed E-state index contributed by atoms with van der Waals surface area (Å²) in [4.78, 5) is 29.7. The van der Waals surface area contributed by atoms with Crippen molar-refractivity contribution < 1.29 is 26.8 Å². The first-order valence-corrected chi connectivity index (χ1v) is 26.1. The SMILES string of the molecule is Cc1cccc(S(=O)NC(C)(C)C)c1.[B]c1cc2c(cc1F)N(C=O)CC21CCC2(CC2)CC1.[B]c1ccc2c(c1F)C1(CCC3(CC3)CC1)CN2C(=O)c1cccc(S(=O)NC(C)(C)C)c1. The topological polar surface area (TPSA) is 98.8 Å². The molecule has 4 spiro atoms. The van der Waals surface area contributed by atoms with E-state index in [9.17, 15) is 22.4 Å². The Bertz CT molecular complexity index is 2600. The second kappa shape index (κ2) is 18.4. The van der Waals surface area contributed by atoms with Crippen LogP contribution < -0.4 is 30.2 Å². The molecule has 2 N–H and O–H groups in total. The van der Waals surface area contributed by atoms with Crippen LogP contribution in [0.2, 0.25) is 0 Å². The van der Waals surface area contributed by atoms with Gasteiger partial charge in [-0.25, -0.2) is 26.6 Å². The van der Waals surface area contributed by atoms with Crippen LogP contribution >= 0.6 is 0 Å². The number of anilines is 2. The minimum Gasteiger partial charge on any atom is -0.314 e. The number of nitrogens with zero attached hydrogens (tertiary/aromatic N) is 2. The fourth-order valence-electron chi connectivity index (χ4n) is 10.8. The Morgan fingerprint density at radius 2 is 1.18 bits per heavy atom. The minimum atomic E-state index is -1.44. The number of aryl methyl sites for hydroxylation is 1. The fraction of sp³-hybridized carbons (Fsp3) is 0.509. The predicted octanol–water partition coefficient (Wildman–Crippen LogP) is 8.88. The third kappa shape index (κ3) is 10.6. The average molecular weight is 945 g/mol. The molecule has 4 aliphatic carbocycles. The van der Waals surface area contributed by atoms with Crippen LogP contribution in [-0.4, -0.2) is 60.6 Å². The summed E-state index contributed by atoms with van der Waals surface area (Å²) < 4.78 is 59.7. The normalized spacial score (nSPS) is 20.9. The van der Waals surface area contributed by atoms with Gasteiger partial charge in [-0.3, -0.25) is 9.59 Å². The van der Waals surface area contributed by atoms with Crippen molar-refractivity contribution in [2.24, 2.45) is 10.8 Å². The maximum atomic E-state index is 15.4. The summed E-state index contributed by atoms with van der Waals surface area (Å²) in [6.07, 6.45) is 14.6. The van der Waals surface area contributed by atoms with E-state index in [1.165, 1.54) is 44.6 Å². The summed E-state index contributed by atoms with van der Waals surface area (Å²) in [7, 11) is 9.16. The molecule has 6 aliphatic rings. The van der Waals surface area contributed by atoms with E-state index >= 15 is 4.39 Å². The summed E-state index contributed by atoms with van der Waals surface area (Å²) in [6.45, 7) is 15.0. The average Bonchev–Trinajstić information content (AvgIpc) is 4.18. The van der Waals surface area contributed by atoms with Crippen LogP contribution in [0.5, 0.6) is 0 Å². The predicted molar refractivity (Wildman–Crippen MR) is 269 cm³/mol. The number of hydrogen-bond donors (Lipinski definition) is 2. The molecule has 14 heteroatoms. The van der Waals surface area contributed by atoms with Crippen molar-refractivity contribution in [3.05, 3.63) is 107 Å². The first kappa shape index (κ1) is 49.5. The highest BCUT2D eigenvalue weighted by Crippen LogP contribution is 2.63. The lowest BCUT2D eigenvalue weighted by molar-refractivity contribution is -0.107. The van der Waals surface area contributed by atoms with Gasteiger partial charge in [0, 0.05) is 46.1 Å². The van der Waals surface area contributed by atoms with Crippen molar-refractivity contribution in [1.82, 2.24) is 9.44 Å². The Morgan fingerprint density at radius 1 is 0.657 bits per heavy atom. The van der Waals surface area contributed by atoms with Crippen LogP contribution in [0, 0.1) is 29.4 Å². The molecule has 2 aliphatic heterocycles. The van der Waals surface area contributed by atoms with Crippen LogP contribution in [0.25, 0.3) is 0 Å². The molecule has 2 amide bonds. The van der Waals surface area contributed by atoms with Gasteiger partial charge in [-0.15, -0.1) is 0 Å². The zero-order valence-electron chi connectivity index (χ0n) is 40.2. The third-order valence-electron chi connectivity index (χ3n) is 15.0. The lowest BCUT2D eigenvalue weighted by Crippen LogP contribution is -2.40. The lowest BCUT2D eigenvalue weighted by Gasteiger charge is -2.38. The number of carbonyl (C=O) groups excluding carboxylic acids is 2. The zero-order valence-corrected chi connectivity index (χ0v) is 41.8. The van der Waals surface area contributed by atoms with Crippen LogP contribution in [0.4, 0.5) is 20.2 Å². The Kier molecular flexibility index (Phi) is 13.6. The van der Waals surface area contributed by atoms with Gasteiger partial charge in [0.05, 0.1) is 21.2 Å². The van der Waals surface area contributed by atoms with Gasteiger partial charge in [0.1, 0.15) is 49.3 Å². The second-order valence-corrected chi connectivity index (χ2v) is 25.0. The largest absolute Gasteiger partial charge is 0.314 e. The third-order valence-corrected chi connectivity index (χ3v) is 18.0. The molecule has 67 heavy (non-hydrogen) atoms. The van der Waals surface area contributed by atoms with E-state index in [1.54, 1.807) is 52.3 Å². The van der Waals surface area contributed by atoms with E-state index in [4.69, 9.17) is 15.7 Å². The Labute approximate surface area is 404 Å². The van der Waals surface area contributed by atoms with Crippen molar-refractivity contribution in [3.8, 4) is 0 Å². The molecule has 4 aromatic carbocycles. The van der Waals surface area contributed by atoms with Gasteiger partial charge in [-0.2, -0.15) is 0 Å². The Morgan fingerprint density at radius 3 is 1.70 bits per heavy atom. The number of amides is 2. The van der Waals surface area contributed by atoms with E-state index < -0.39 is 27.8 Å². The van der Waals surface area contributed by atoms with Crippen molar-refractivity contribution in [3.63, 3.8) is 0 Å². The van der Waals surface area contributed by atoms with Crippen LogP contribution in [0.3, 0.4) is 0 Å². The molecule has 4 fully saturated rings. The van der Waals surface area contributed by atoms with Gasteiger partial charge in [-0.05, 0) is 190 Å². The van der Waals surface area contributed by atoms with Crippen molar-refractivity contribution in [1.29, 1.82) is 0 Å². The zero-order chi connectivity index (χ0) is 48.3. The molecule has 0 saturated heterocycles. The number of hydrogen-bond acceptors (Lipinski definition) is 4.